The number of aliphatic hydroxyl groups is 3. The Morgan fingerprint density at radius 2 is 2.09 bits per heavy atom. The Morgan fingerprint density at radius 3 is 2.74 bits per heavy atom. The second-order valence-electron chi connectivity index (χ2n) is 8.77. The molecule has 1 unspecified atom stereocenters. The molecule has 0 bridgehead atoms. The molecule has 15 nitrogen and oxygen atoms in total. The molecule has 2 aromatic rings. The molecule has 0 aliphatic carbocycles. The second-order valence-corrected chi connectivity index (χ2v) is 11.3. The minimum atomic E-state index is -4.57. The van der Waals surface area contributed by atoms with Gasteiger partial charge in [-0.25, -0.2) is 14.1 Å². The molecule has 1 fully saturated rings. The maximum Gasteiger partial charge on any atom is 0.472 e. The number of imidazole rings is 1. The van der Waals surface area contributed by atoms with Gasteiger partial charge in [0.15, 0.2) is 16.6 Å². The van der Waals surface area contributed by atoms with Crippen LogP contribution in [-0.4, -0.2) is 88.3 Å². The number of nitrogens with two attached hydrogens (primary N) is 2. The van der Waals surface area contributed by atoms with Crippen LogP contribution in [0.15, 0.2) is 6.20 Å². The van der Waals surface area contributed by atoms with Crippen LogP contribution in [-0.2, 0) is 23.1 Å². The summed E-state index contributed by atoms with van der Waals surface area (Å²) in [5.74, 6) is -0.0942. The Kier molecular flexibility index (Phi) is 8.10. The third kappa shape index (κ3) is 5.93. The van der Waals surface area contributed by atoms with Gasteiger partial charge in [-0.05, 0) is 20.8 Å². The topological polar surface area (TPSA) is 238 Å². The fourth-order valence-corrected chi connectivity index (χ4v) is 4.95. The van der Waals surface area contributed by atoms with Crippen molar-refractivity contribution in [3.8, 4) is 0 Å². The molecule has 35 heavy (non-hydrogen) atoms. The van der Waals surface area contributed by atoms with Gasteiger partial charge in [0.05, 0.1) is 37.1 Å². The number of fused-ring (bicyclic) bond motifs is 1. The van der Waals surface area contributed by atoms with Crippen molar-refractivity contribution in [2.75, 3.05) is 37.0 Å². The monoisotopic (exact) mass is 536 g/mol. The second kappa shape index (κ2) is 10.2. The van der Waals surface area contributed by atoms with Crippen molar-refractivity contribution in [2.45, 2.75) is 44.7 Å². The number of phosphoric ester groups is 1. The highest BCUT2D eigenvalue weighted by atomic mass is 32.2. The Labute approximate surface area is 204 Å². The number of carbonyl (C=O) groups excluding carboxylic acids is 1. The minimum absolute atomic E-state index is 0.0000215. The largest absolute Gasteiger partial charge is 0.472 e. The average Bonchev–Trinajstić information content (AvgIpc) is 3.28. The van der Waals surface area contributed by atoms with Gasteiger partial charge in [-0.1, -0.05) is 11.8 Å². The standard InChI is InChI=1S/C18H29N6O9PS/c1-17(2,8-25)15(27)35-5-4-31-34(29,30)32-7-10-11(26)18(3,28)12(33-10)9-6-21-14-13(19)22-16(20)23-24(9)14/h6,10-12,25-26,28H,4-5,7-8H2,1-3H3,(H,29,30)(H4,19,20,22,23)/t10-,11-,12+,18-/m1/s1. The van der Waals surface area contributed by atoms with Crippen LogP contribution < -0.4 is 11.5 Å². The number of ether oxygens (including phenoxy) is 1. The van der Waals surface area contributed by atoms with Gasteiger partial charge in [-0.15, -0.1) is 5.10 Å². The first-order valence-corrected chi connectivity index (χ1v) is 12.9. The first kappa shape index (κ1) is 27.7. The van der Waals surface area contributed by atoms with Crippen molar-refractivity contribution in [1.82, 2.24) is 19.6 Å². The molecule has 8 N–H and O–H groups in total. The first-order valence-electron chi connectivity index (χ1n) is 10.4. The molecule has 0 saturated carbocycles. The molecule has 0 amide bonds. The summed E-state index contributed by atoms with van der Waals surface area (Å²) in [6.45, 7) is 3.24. The van der Waals surface area contributed by atoms with Crippen LogP contribution >= 0.6 is 19.6 Å². The highest BCUT2D eigenvalue weighted by Gasteiger charge is 2.54. The van der Waals surface area contributed by atoms with Crippen molar-refractivity contribution in [2.24, 2.45) is 5.41 Å². The summed E-state index contributed by atoms with van der Waals surface area (Å²) in [5, 5.41) is 34.4. The zero-order valence-corrected chi connectivity index (χ0v) is 21.0. The quantitative estimate of drug-likeness (QED) is 0.162. The van der Waals surface area contributed by atoms with Crippen LogP contribution in [0.5, 0.6) is 0 Å². The van der Waals surface area contributed by atoms with Crippen molar-refractivity contribution in [3.05, 3.63) is 11.9 Å². The van der Waals surface area contributed by atoms with E-state index in [4.69, 9.17) is 25.3 Å². The molecule has 1 saturated heterocycles. The lowest BCUT2D eigenvalue weighted by Gasteiger charge is -2.26. The van der Waals surface area contributed by atoms with Gasteiger partial charge in [0.25, 0.3) is 0 Å². The summed E-state index contributed by atoms with van der Waals surface area (Å²) in [6.07, 6.45) is -2.59. The van der Waals surface area contributed by atoms with Crippen LogP contribution in [0.3, 0.4) is 0 Å². The lowest BCUT2D eigenvalue weighted by molar-refractivity contribution is -0.119. The number of hydrogen-bond acceptors (Lipinski definition) is 14. The van der Waals surface area contributed by atoms with E-state index in [1.165, 1.54) is 17.6 Å². The predicted octanol–water partition coefficient (Wildman–Crippen LogP) is -0.748. The molecule has 1 aliphatic rings. The van der Waals surface area contributed by atoms with E-state index >= 15 is 0 Å². The van der Waals surface area contributed by atoms with E-state index < -0.39 is 43.8 Å². The number of nitrogens with zero attached hydrogens (tertiary/aromatic N) is 4. The Balaban J connectivity index is 1.61. The van der Waals surface area contributed by atoms with Crippen LogP contribution in [0.25, 0.3) is 5.65 Å². The van der Waals surface area contributed by atoms with Gasteiger partial charge < -0.3 is 36.4 Å². The van der Waals surface area contributed by atoms with Crippen molar-refractivity contribution in [3.63, 3.8) is 0 Å². The summed E-state index contributed by atoms with van der Waals surface area (Å²) in [7, 11) is -4.57. The Morgan fingerprint density at radius 1 is 1.40 bits per heavy atom. The lowest BCUT2D eigenvalue weighted by atomic mass is 9.91. The van der Waals surface area contributed by atoms with Gasteiger partial charge in [0, 0.05) is 5.75 Å². The van der Waals surface area contributed by atoms with Gasteiger partial charge >= 0.3 is 7.82 Å². The third-order valence-electron chi connectivity index (χ3n) is 5.41. The number of rotatable bonds is 10. The number of anilines is 2. The number of phosphoric acid groups is 1. The van der Waals surface area contributed by atoms with Crippen LogP contribution in [0, 0.1) is 5.41 Å². The highest BCUT2D eigenvalue weighted by Crippen LogP contribution is 2.46. The lowest BCUT2D eigenvalue weighted by Crippen LogP contribution is -2.43. The number of carbonyl (C=O) groups is 1. The summed E-state index contributed by atoms with van der Waals surface area (Å²) < 4.78 is 29.0. The highest BCUT2D eigenvalue weighted by molar-refractivity contribution is 8.13. The van der Waals surface area contributed by atoms with E-state index in [1.807, 2.05) is 0 Å². The average molecular weight is 537 g/mol. The molecular weight excluding hydrogens is 507 g/mol. The summed E-state index contributed by atoms with van der Waals surface area (Å²) in [5.41, 5.74) is 8.99. The van der Waals surface area contributed by atoms with E-state index in [-0.39, 0.29) is 47.2 Å². The molecule has 1 aliphatic heterocycles. The molecule has 2 aromatic heterocycles. The zero-order valence-electron chi connectivity index (χ0n) is 19.3. The minimum Gasteiger partial charge on any atom is -0.395 e. The molecule has 0 aromatic carbocycles. The molecule has 5 atom stereocenters. The van der Waals surface area contributed by atoms with Crippen LogP contribution in [0.4, 0.5) is 11.8 Å². The van der Waals surface area contributed by atoms with E-state index in [2.05, 4.69) is 15.1 Å². The number of hydrogen-bond donors (Lipinski definition) is 6. The van der Waals surface area contributed by atoms with E-state index in [0.29, 0.717) is 0 Å². The van der Waals surface area contributed by atoms with Crippen LogP contribution in [0.2, 0.25) is 0 Å². The van der Waals surface area contributed by atoms with E-state index in [1.54, 1.807) is 13.8 Å². The number of thioether (sulfide) groups is 1. The zero-order chi connectivity index (χ0) is 26.2. The summed E-state index contributed by atoms with van der Waals surface area (Å²) in [6, 6.07) is 0. The molecular formula is C18H29N6O9PS. The summed E-state index contributed by atoms with van der Waals surface area (Å²) in [4.78, 5) is 29.8. The molecule has 17 heteroatoms. The van der Waals surface area contributed by atoms with Gasteiger partial charge in [0.1, 0.15) is 23.9 Å². The van der Waals surface area contributed by atoms with E-state index in [0.717, 1.165) is 11.8 Å². The number of nitrogen functional groups attached to an aromatic ring is 2. The maximum absolute atomic E-state index is 12.2. The van der Waals surface area contributed by atoms with Gasteiger partial charge in [0.2, 0.25) is 5.95 Å². The molecule has 0 radical (unpaired) electrons. The van der Waals surface area contributed by atoms with Gasteiger partial charge in [-0.3, -0.25) is 13.8 Å². The van der Waals surface area contributed by atoms with Crippen molar-refractivity contribution in [1.29, 1.82) is 0 Å². The fraction of sp³-hybridized carbons (Fsp3) is 0.667. The van der Waals surface area contributed by atoms with Crippen molar-refractivity contribution >= 4 is 42.1 Å². The number of aliphatic hydroxyl groups excluding tert-OH is 2. The smallest absolute Gasteiger partial charge is 0.395 e. The Bertz CT molecular complexity index is 1130. The number of aromatic nitrogens is 4. The molecule has 196 valence electrons. The molecule has 3 heterocycles. The van der Waals surface area contributed by atoms with Gasteiger partial charge in [-0.2, -0.15) is 4.98 Å². The van der Waals surface area contributed by atoms with E-state index in [9.17, 15) is 29.6 Å². The summed E-state index contributed by atoms with van der Waals surface area (Å²) >= 11 is 0.848. The molecule has 0 spiro atoms. The predicted molar refractivity (Wildman–Crippen MR) is 124 cm³/mol. The molecule has 3 rings (SSSR count). The first-order chi connectivity index (χ1) is 16.2. The third-order valence-corrected chi connectivity index (χ3v) is 7.58. The fourth-order valence-electron chi connectivity index (χ4n) is 3.29. The maximum atomic E-state index is 12.2. The Hall–Kier alpha value is -1.88. The SMILES string of the molecule is CC(C)(CO)C(=O)SCCOP(=O)(O)OC[C@H]1O[C@@H](c2cnc3c(N)nc(N)nn23)[C@](C)(O)[C@@H]1O. The van der Waals surface area contributed by atoms with Crippen LogP contribution in [0.1, 0.15) is 32.6 Å². The van der Waals surface area contributed by atoms with Crippen molar-refractivity contribution < 1.29 is 43.4 Å². The normalized spacial score (nSPS) is 26.8.